The summed E-state index contributed by atoms with van der Waals surface area (Å²) in [6.07, 6.45) is 3.46. The lowest BCUT2D eigenvalue weighted by molar-refractivity contribution is 0.0972. The number of rotatable bonds is 8. The lowest BCUT2D eigenvalue weighted by Crippen LogP contribution is -2.42. The highest BCUT2D eigenvalue weighted by Gasteiger charge is 2.20. The molecule has 0 bridgehead atoms. The largest absolute Gasteiger partial charge is 0.333 e. The third-order valence-corrected chi connectivity index (χ3v) is 5.93. The second-order valence-electron chi connectivity index (χ2n) is 7.11. The van der Waals surface area contributed by atoms with Gasteiger partial charge in [-0.2, -0.15) is 0 Å². The standard InChI is InChI=1S/C22H22N4O3S/c1-2-3-11-24-15-23-20-19(24)21(28)26(14-17(27)18-10-7-12-30-18)22(29)25(20)13-16-8-5-4-6-9-16/h4-10,12,15H,2-3,11,13-14H2,1H3. The van der Waals surface area contributed by atoms with Crippen molar-refractivity contribution < 1.29 is 4.79 Å². The number of aryl methyl sites for hydroxylation is 1. The molecule has 0 unspecified atom stereocenters. The van der Waals surface area contributed by atoms with Crippen LogP contribution in [0.1, 0.15) is 35.0 Å². The van der Waals surface area contributed by atoms with Gasteiger partial charge in [-0.3, -0.25) is 18.7 Å². The quantitative estimate of drug-likeness (QED) is 0.409. The number of thiophene rings is 1. The maximum absolute atomic E-state index is 13.3. The van der Waals surface area contributed by atoms with Gasteiger partial charge in [0, 0.05) is 6.54 Å². The van der Waals surface area contributed by atoms with Gasteiger partial charge in [0.1, 0.15) is 0 Å². The molecule has 3 aromatic heterocycles. The van der Waals surface area contributed by atoms with Crippen LogP contribution in [0.3, 0.4) is 0 Å². The van der Waals surface area contributed by atoms with Crippen molar-refractivity contribution in [2.24, 2.45) is 0 Å². The minimum atomic E-state index is -0.526. The van der Waals surface area contributed by atoms with Crippen molar-refractivity contribution in [1.82, 2.24) is 18.7 Å². The number of nitrogens with zero attached hydrogens (tertiary/aromatic N) is 4. The van der Waals surface area contributed by atoms with E-state index in [1.807, 2.05) is 30.3 Å². The predicted octanol–water partition coefficient (Wildman–Crippen LogP) is 3.15. The van der Waals surface area contributed by atoms with Crippen LogP contribution >= 0.6 is 11.3 Å². The molecule has 154 valence electrons. The molecule has 0 amide bonds. The van der Waals surface area contributed by atoms with E-state index in [9.17, 15) is 14.4 Å². The number of carbonyl (C=O) groups is 1. The zero-order chi connectivity index (χ0) is 21.1. The number of carbonyl (C=O) groups excluding carboxylic acids is 1. The first-order valence-electron chi connectivity index (χ1n) is 9.89. The summed E-state index contributed by atoms with van der Waals surface area (Å²) in [6, 6.07) is 13.0. The number of Topliss-reactive ketones (excluding diaryl/α,β-unsaturated/α-hetero) is 1. The first-order valence-corrected chi connectivity index (χ1v) is 10.8. The molecule has 0 saturated heterocycles. The van der Waals surface area contributed by atoms with Crippen molar-refractivity contribution in [3.63, 3.8) is 0 Å². The van der Waals surface area contributed by atoms with Crippen LogP contribution < -0.4 is 11.2 Å². The van der Waals surface area contributed by atoms with Gasteiger partial charge in [0.15, 0.2) is 16.9 Å². The Morgan fingerprint density at radius 3 is 2.57 bits per heavy atom. The molecule has 0 saturated carbocycles. The Morgan fingerprint density at radius 1 is 1.07 bits per heavy atom. The zero-order valence-electron chi connectivity index (χ0n) is 16.7. The van der Waals surface area contributed by atoms with Crippen LogP contribution in [0.15, 0.2) is 63.8 Å². The Bertz CT molecular complexity index is 1280. The Kier molecular flexibility index (Phi) is 5.76. The molecule has 0 N–H and O–H groups in total. The molecule has 8 heteroatoms. The molecule has 0 atom stereocenters. The van der Waals surface area contributed by atoms with Crippen molar-refractivity contribution in [3.05, 3.63) is 85.5 Å². The third kappa shape index (κ3) is 3.78. The van der Waals surface area contributed by atoms with Crippen molar-refractivity contribution in [3.8, 4) is 0 Å². The van der Waals surface area contributed by atoms with E-state index in [0.29, 0.717) is 22.6 Å². The number of hydrogen-bond donors (Lipinski definition) is 0. The smallest absolute Gasteiger partial charge is 0.325 e. The fourth-order valence-corrected chi connectivity index (χ4v) is 4.10. The summed E-state index contributed by atoms with van der Waals surface area (Å²) >= 11 is 1.30. The monoisotopic (exact) mass is 422 g/mol. The predicted molar refractivity (Wildman–Crippen MR) is 117 cm³/mol. The van der Waals surface area contributed by atoms with Gasteiger partial charge in [-0.05, 0) is 23.4 Å². The van der Waals surface area contributed by atoms with Crippen molar-refractivity contribution in [2.75, 3.05) is 0 Å². The molecule has 0 fully saturated rings. The molecule has 0 aliphatic heterocycles. The highest BCUT2D eigenvalue weighted by atomic mass is 32.1. The van der Waals surface area contributed by atoms with Crippen molar-refractivity contribution in [2.45, 2.75) is 39.4 Å². The van der Waals surface area contributed by atoms with Crippen LogP contribution in [0.4, 0.5) is 0 Å². The Hall–Kier alpha value is -3.26. The first kappa shape index (κ1) is 20.0. The molecular formula is C22H22N4O3S. The number of hydrogen-bond acceptors (Lipinski definition) is 5. The second-order valence-corrected chi connectivity index (χ2v) is 8.06. The summed E-state index contributed by atoms with van der Waals surface area (Å²) in [5.74, 6) is -0.255. The Morgan fingerprint density at radius 2 is 1.87 bits per heavy atom. The molecule has 0 spiro atoms. The average Bonchev–Trinajstić information content (AvgIpc) is 3.44. The molecule has 3 heterocycles. The fourth-order valence-electron chi connectivity index (χ4n) is 3.44. The van der Waals surface area contributed by atoms with Gasteiger partial charge in [0.05, 0.1) is 24.3 Å². The summed E-state index contributed by atoms with van der Waals surface area (Å²) in [6.45, 7) is 2.68. The molecule has 1 aromatic carbocycles. The number of aromatic nitrogens is 4. The van der Waals surface area contributed by atoms with Gasteiger partial charge in [0.2, 0.25) is 0 Å². The fraction of sp³-hybridized carbons (Fsp3) is 0.273. The maximum Gasteiger partial charge on any atom is 0.333 e. The van der Waals surface area contributed by atoms with E-state index < -0.39 is 11.2 Å². The molecule has 7 nitrogen and oxygen atoms in total. The Labute approximate surface area is 176 Å². The number of ketones is 1. The summed E-state index contributed by atoms with van der Waals surface area (Å²) in [4.78, 5) is 44.1. The van der Waals surface area contributed by atoms with Crippen LogP contribution in [0.25, 0.3) is 11.2 Å². The van der Waals surface area contributed by atoms with Gasteiger partial charge in [-0.15, -0.1) is 11.3 Å². The molecule has 0 aliphatic carbocycles. The molecular weight excluding hydrogens is 400 g/mol. The van der Waals surface area contributed by atoms with Crippen LogP contribution in [0, 0.1) is 0 Å². The number of imidazole rings is 1. The van der Waals surface area contributed by atoms with E-state index in [1.165, 1.54) is 15.9 Å². The maximum atomic E-state index is 13.3. The van der Waals surface area contributed by atoms with Crippen LogP contribution in [-0.4, -0.2) is 24.5 Å². The minimum absolute atomic E-state index is 0.255. The van der Waals surface area contributed by atoms with E-state index in [1.54, 1.807) is 28.4 Å². The highest BCUT2D eigenvalue weighted by Crippen LogP contribution is 2.13. The first-order chi connectivity index (χ1) is 14.6. The SMILES string of the molecule is CCCCn1cnc2c1c(=O)n(CC(=O)c1cccs1)c(=O)n2Cc1ccccc1. The van der Waals surface area contributed by atoms with E-state index >= 15 is 0 Å². The third-order valence-electron chi connectivity index (χ3n) is 5.02. The topological polar surface area (TPSA) is 78.9 Å². The van der Waals surface area contributed by atoms with Crippen LogP contribution in [0.2, 0.25) is 0 Å². The Balaban J connectivity index is 1.88. The molecule has 4 aromatic rings. The second kappa shape index (κ2) is 8.62. The van der Waals surface area contributed by atoms with Crippen LogP contribution in [-0.2, 0) is 19.6 Å². The number of fused-ring (bicyclic) bond motifs is 1. The minimum Gasteiger partial charge on any atom is -0.325 e. The number of unbranched alkanes of at least 4 members (excludes halogenated alkanes) is 1. The van der Waals surface area contributed by atoms with Gasteiger partial charge in [-0.1, -0.05) is 49.7 Å². The summed E-state index contributed by atoms with van der Waals surface area (Å²) in [5, 5.41) is 1.80. The summed E-state index contributed by atoms with van der Waals surface area (Å²) < 4.78 is 4.31. The normalized spacial score (nSPS) is 11.2. The van der Waals surface area contributed by atoms with E-state index in [4.69, 9.17) is 0 Å². The average molecular weight is 423 g/mol. The summed E-state index contributed by atoms with van der Waals surface area (Å²) in [7, 11) is 0. The zero-order valence-corrected chi connectivity index (χ0v) is 17.5. The summed E-state index contributed by atoms with van der Waals surface area (Å²) in [5.41, 5.74) is 0.626. The lowest BCUT2D eigenvalue weighted by Gasteiger charge is -2.12. The van der Waals surface area contributed by atoms with Gasteiger partial charge in [0.25, 0.3) is 5.56 Å². The van der Waals surface area contributed by atoms with Gasteiger partial charge < -0.3 is 4.57 Å². The van der Waals surface area contributed by atoms with Crippen molar-refractivity contribution in [1.29, 1.82) is 0 Å². The van der Waals surface area contributed by atoms with E-state index in [0.717, 1.165) is 23.0 Å². The van der Waals surface area contributed by atoms with Gasteiger partial charge >= 0.3 is 5.69 Å². The number of benzene rings is 1. The van der Waals surface area contributed by atoms with E-state index in [2.05, 4.69) is 11.9 Å². The molecule has 4 rings (SSSR count). The van der Waals surface area contributed by atoms with E-state index in [-0.39, 0.29) is 18.9 Å². The van der Waals surface area contributed by atoms with Crippen LogP contribution in [0.5, 0.6) is 0 Å². The lowest BCUT2D eigenvalue weighted by atomic mass is 10.2. The van der Waals surface area contributed by atoms with Crippen molar-refractivity contribution >= 4 is 28.3 Å². The molecule has 0 radical (unpaired) electrons. The molecule has 30 heavy (non-hydrogen) atoms. The highest BCUT2D eigenvalue weighted by molar-refractivity contribution is 7.12. The van der Waals surface area contributed by atoms with Gasteiger partial charge in [-0.25, -0.2) is 9.78 Å². The molecule has 0 aliphatic rings.